The fourth-order valence-corrected chi connectivity index (χ4v) is 3.42. The van der Waals surface area contributed by atoms with Gasteiger partial charge in [0.2, 0.25) is 0 Å². The van der Waals surface area contributed by atoms with E-state index in [1.807, 2.05) is 0 Å². The summed E-state index contributed by atoms with van der Waals surface area (Å²) < 4.78 is 0. The fourth-order valence-electron chi connectivity index (χ4n) is 3.42. The first-order chi connectivity index (χ1) is 9.50. The third-order valence-electron chi connectivity index (χ3n) is 4.71. The average molecular weight is 273 g/mol. The Morgan fingerprint density at radius 1 is 1.10 bits per heavy atom. The first-order valence-corrected chi connectivity index (χ1v) is 8.33. The summed E-state index contributed by atoms with van der Waals surface area (Å²) >= 11 is 0. The molecule has 0 saturated heterocycles. The molecule has 1 heteroatoms. The van der Waals surface area contributed by atoms with Crippen molar-refractivity contribution in [3.63, 3.8) is 0 Å². The van der Waals surface area contributed by atoms with Gasteiger partial charge in [-0.2, -0.15) is 0 Å². The van der Waals surface area contributed by atoms with Crippen LogP contribution in [0.1, 0.15) is 64.5 Å². The van der Waals surface area contributed by atoms with Crippen LogP contribution in [0.25, 0.3) is 0 Å². The molecule has 1 nitrogen and oxygen atoms in total. The molecule has 1 N–H and O–H groups in total. The average Bonchev–Trinajstić information content (AvgIpc) is 2.91. The second kappa shape index (κ2) is 6.76. The number of hydrogen-bond donors (Lipinski definition) is 1. The summed E-state index contributed by atoms with van der Waals surface area (Å²) in [6, 6.07) is 9.96. The van der Waals surface area contributed by atoms with E-state index in [1.54, 1.807) is 0 Å². The van der Waals surface area contributed by atoms with Crippen molar-refractivity contribution in [2.75, 3.05) is 6.54 Å². The zero-order valence-corrected chi connectivity index (χ0v) is 13.7. The largest absolute Gasteiger partial charge is 0.314 e. The smallest absolute Gasteiger partial charge is 0.0136 e. The van der Waals surface area contributed by atoms with Crippen molar-refractivity contribution in [3.05, 3.63) is 35.4 Å². The van der Waals surface area contributed by atoms with E-state index in [0.717, 1.165) is 12.5 Å². The molecule has 0 aromatic heterocycles. The van der Waals surface area contributed by atoms with Gasteiger partial charge in [0.25, 0.3) is 0 Å². The highest BCUT2D eigenvalue weighted by molar-refractivity contribution is 5.28. The van der Waals surface area contributed by atoms with Gasteiger partial charge in [-0.15, -0.1) is 0 Å². The molecule has 20 heavy (non-hydrogen) atoms. The highest BCUT2D eigenvalue weighted by Gasteiger charge is 2.24. The Bertz CT molecular complexity index is 393. The van der Waals surface area contributed by atoms with Gasteiger partial charge in [0.05, 0.1) is 0 Å². The SMILES string of the molecule is CCNC(Cc1ccc(C(C)(C)C)cc1)C1CCCC1. The topological polar surface area (TPSA) is 12.0 Å². The third kappa shape index (κ3) is 4.09. The van der Waals surface area contributed by atoms with E-state index < -0.39 is 0 Å². The predicted octanol–water partition coefficient (Wildman–Crippen LogP) is 4.69. The summed E-state index contributed by atoms with van der Waals surface area (Å²) in [4.78, 5) is 0. The maximum Gasteiger partial charge on any atom is 0.0136 e. The first kappa shape index (κ1) is 15.6. The Balaban J connectivity index is 2.02. The van der Waals surface area contributed by atoms with E-state index in [1.165, 1.54) is 43.2 Å². The van der Waals surface area contributed by atoms with Gasteiger partial charge in [0, 0.05) is 6.04 Å². The number of rotatable bonds is 5. The molecular weight excluding hydrogens is 242 g/mol. The van der Waals surface area contributed by atoms with Crippen LogP contribution in [0.3, 0.4) is 0 Å². The second-order valence-electron chi connectivity index (χ2n) is 7.36. The van der Waals surface area contributed by atoms with Gasteiger partial charge < -0.3 is 5.32 Å². The van der Waals surface area contributed by atoms with Crippen molar-refractivity contribution < 1.29 is 0 Å². The Kier molecular flexibility index (Phi) is 5.26. The van der Waals surface area contributed by atoms with E-state index in [2.05, 4.69) is 57.3 Å². The van der Waals surface area contributed by atoms with Crippen molar-refractivity contribution in [2.24, 2.45) is 5.92 Å². The van der Waals surface area contributed by atoms with Crippen LogP contribution < -0.4 is 5.32 Å². The molecule has 1 aliphatic rings. The van der Waals surface area contributed by atoms with Crippen molar-refractivity contribution in [1.82, 2.24) is 5.32 Å². The molecule has 1 aromatic rings. The Morgan fingerprint density at radius 3 is 2.20 bits per heavy atom. The monoisotopic (exact) mass is 273 g/mol. The van der Waals surface area contributed by atoms with E-state index in [0.29, 0.717) is 6.04 Å². The molecule has 1 aliphatic carbocycles. The van der Waals surface area contributed by atoms with Crippen LogP contribution in [0, 0.1) is 5.92 Å². The summed E-state index contributed by atoms with van der Waals surface area (Å²) in [5.74, 6) is 0.886. The first-order valence-electron chi connectivity index (χ1n) is 8.33. The maximum absolute atomic E-state index is 3.72. The summed E-state index contributed by atoms with van der Waals surface area (Å²) in [6.45, 7) is 10.2. The summed E-state index contributed by atoms with van der Waals surface area (Å²) in [5.41, 5.74) is 3.17. The van der Waals surface area contributed by atoms with Crippen LogP contribution in [0.15, 0.2) is 24.3 Å². The molecule has 1 aromatic carbocycles. The van der Waals surface area contributed by atoms with Crippen LogP contribution in [0.4, 0.5) is 0 Å². The van der Waals surface area contributed by atoms with Gasteiger partial charge in [0.15, 0.2) is 0 Å². The standard InChI is InChI=1S/C19H31N/c1-5-20-18(16-8-6-7-9-16)14-15-10-12-17(13-11-15)19(2,3)4/h10-13,16,18,20H,5-9,14H2,1-4H3. The van der Waals surface area contributed by atoms with Crippen LogP contribution in [-0.4, -0.2) is 12.6 Å². The lowest BCUT2D eigenvalue weighted by molar-refractivity contribution is 0.362. The van der Waals surface area contributed by atoms with E-state index in [9.17, 15) is 0 Å². The zero-order chi connectivity index (χ0) is 14.6. The van der Waals surface area contributed by atoms with Gasteiger partial charge in [-0.25, -0.2) is 0 Å². The van der Waals surface area contributed by atoms with Gasteiger partial charge in [-0.1, -0.05) is 64.8 Å². The summed E-state index contributed by atoms with van der Waals surface area (Å²) in [7, 11) is 0. The van der Waals surface area contributed by atoms with Gasteiger partial charge in [-0.3, -0.25) is 0 Å². The molecule has 0 aliphatic heterocycles. The zero-order valence-electron chi connectivity index (χ0n) is 13.7. The molecule has 0 heterocycles. The predicted molar refractivity (Wildman–Crippen MR) is 88.3 cm³/mol. The molecule has 0 bridgehead atoms. The highest BCUT2D eigenvalue weighted by Crippen LogP contribution is 2.29. The number of hydrogen-bond acceptors (Lipinski definition) is 1. The van der Waals surface area contributed by atoms with Crippen molar-refractivity contribution in [2.45, 2.75) is 71.3 Å². The fraction of sp³-hybridized carbons (Fsp3) is 0.684. The maximum atomic E-state index is 3.72. The number of nitrogens with one attached hydrogen (secondary N) is 1. The Morgan fingerprint density at radius 2 is 1.70 bits per heavy atom. The molecule has 112 valence electrons. The van der Waals surface area contributed by atoms with Crippen LogP contribution >= 0.6 is 0 Å². The highest BCUT2D eigenvalue weighted by atomic mass is 14.9. The second-order valence-corrected chi connectivity index (χ2v) is 7.36. The molecule has 1 unspecified atom stereocenters. The summed E-state index contributed by atoms with van der Waals surface area (Å²) in [5, 5.41) is 3.72. The van der Waals surface area contributed by atoms with Gasteiger partial charge in [0.1, 0.15) is 0 Å². The van der Waals surface area contributed by atoms with E-state index >= 15 is 0 Å². The Hall–Kier alpha value is -0.820. The minimum atomic E-state index is 0.255. The molecule has 1 saturated carbocycles. The minimum absolute atomic E-state index is 0.255. The molecule has 0 spiro atoms. The summed E-state index contributed by atoms with van der Waals surface area (Å²) in [6.07, 6.45) is 6.86. The molecular formula is C19H31N. The molecule has 0 amide bonds. The lowest BCUT2D eigenvalue weighted by Crippen LogP contribution is -2.36. The Labute approximate surface area is 125 Å². The van der Waals surface area contributed by atoms with E-state index in [4.69, 9.17) is 0 Å². The van der Waals surface area contributed by atoms with Crippen molar-refractivity contribution >= 4 is 0 Å². The molecule has 1 atom stereocenters. The number of benzene rings is 1. The van der Waals surface area contributed by atoms with Crippen molar-refractivity contribution in [3.8, 4) is 0 Å². The van der Waals surface area contributed by atoms with Crippen LogP contribution in [0.2, 0.25) is 0 Å². The quantitative estimate of drug-likeness (QED) is 0.820. The third-order valence-corrected chi connectivity index (χ3v) is 4.71. The molecule has 1 fully saturated rings. The lowest BCUT2D eigenvalue weighted by Gasteiger charge is -2.25. The van der Waals surface area contributed by atoms with Gasteiger partial charge in [-0.05, 0) is 48.3 Å². The van der Waals surface area contributed by atoms with Crippen LogP contribution in [0.5, 0.6) is 0 Å². The van der Waals surface area contributed by atoms with Gasteiger partial charge >= 0.3 is 0 Å². The minimum Gasteiger partial charge on any atom is -0.314 e. The number of likely N-dealkylation sites (N-methyl/N-ethyl adjacent to an activating group) is 1. The molecule has 2 rings (SSSR count). The normalized spacial score (nSPS) is 18.4. The van der Waals surface area contributed by atoms with E-state index in [-0.39, 0.29) is 5.41 Å². The lowest BCUT2D eigenvalue weighted by atomic mass is 9.85. The molecule has 0 radical (unpaired) electrons. The van der Waals surface area contributed by atoms with Crippen molar-refractivity contribution in [1.29, 1.82) is 0 Å². The van der Waals surface area contributed by atoms with Crippen LogP contribution in [-0.2, 0) is 11.8 Å².